The van der Waals surface area contributed by atoms with E-state index in [-0.39, 0.29) is 30.4 Å². The van der Waals surface area contributed by atoms with E-state index in [0.717, 1.165) is 5.56 Å². The SMILES string of the molecule is CC(C)C(NC(=O)OC(C)(C)C)C(=O)N[C@@H](Cc1cccc(OC(C)C(C)(C)C)c1)C(=O)N1CCC[C@@H](C(=O)OCC(Cl)(Cl)Cl)N1. The van der Waals surface area contributed by atoms with Crippen molar-refractivity contribution in [3.63, 3.8) is 0 Å². The fraction of sp³-hybridized carbons (Fsp3) is 0.688. The Morgan fingerprint density at radius 3 is 2.24 bits per heavy atom. The highest BCUT2D eigenvalue weighted by Crippen LogP contribution is 2.27. The minimum atomic E-state index is -1.78. The Balaban J connectivity index is 2.33. The third-order valence-corrected chi connectivity index (χ3v) is 7.55. The molecule has 260 valence electrons. The van der Waals surface area contributed by atoms with Gasteiger partial charge < -0.3 is 24.8 Å². The fourth-order valence-electron chi connectivity index (χ4n) is 4.35. The second-order valence-electron chi connectivity index (χ2n) is 13.9. The summed E-state index contributed by atoms with van der Waals surface area (Å²) in [6.07, 6.45) is 0.122. The third kappa shape index (κ3) is 13.7. The highest BCUT2D eigenvalue weighted by Gasteiger charge is 2.36. The van der Waals surface area contributed by atoms with E-state index in [1.54, 1.807) is 34.6 Å². The molecule has 1 saturated heterocycles. The summed E-state index contributed by atoms with van der Waals surface area (Å²) in [5.74, 6) is -1.44. The second kappa shape index (κ2) is 16.6. The van der Waals surface area contributed by atoms with Crippen molar-refractivity contribution in [1.82, 2.24) is 21.1 Å². The van der Waals surface area contributed by atoms with Crippen LogP contribution in [-0.2, 0) is 30.3 Å². The number of ether oxygens (including phenoxy) is 3. The number of carbonyl (C=O) groups excluding carboxylic acids is 4. The van der Waals surface area contributed by atoms with Crippen molar-refractivity contribution in [2.75, 3.05) is 13.2 Å². The van der Waals surface area contributed by atoms with Crippen LogP contribution >= 0.6 is 34.8 Å². The van der Waals surface area contributed by atoms with Gasteiger partial charge in [-0.15, -0.1) is 0 Å². The van der Waals surface area contributed by atoms with Gasteiger partial charge >= 0.3 is 12.1 Å². The van der Waals surface area contributed by atoms with Crippen molar-refractivity contribution in [3.05, 3.63) is 29.8 Å². The van der Waals surface area contributed by atoms with Gasteiger partial charge in [0, 0.05) is 13.0 Å². The van der Waals surface area contributed by atoms with Gasteiger partial charge in [0.25, 0.3) is 5.91 Å². The van der Waals surface area contributed by atoms with Crippen molar-refractivity contribution in [3.8, 4) is 5.75 Å². The molecule has 0 radical (unpaired) electrons. The van der Waals surface area contributed by atoms with Crippen LogP contribution in [0.25, 0.3) is 0 Å². The summed E-state index contributed by atoms with van der Waals surface area (Å²) < 4.78 is 14.9. The monoisotopic (exact) mass is 706 g/mol. The summed E-state index contributed by atoms with van der Waals surface area (Å²) in [7, 11) is 0. The number of hydrogen-bond acceptors (Lipinski definition) is 8. The number of amides is 3. The molecule has 0 bridgehead atoms. The molecule has 11 nitrogen and oxygen atoms in total. The van der Waals surface area contributed by atoms with Crippen LogP contribution in [0.4, 0.5) is 4.79 Å². The molecule has 0 spiro atoms. The number of esters is 1. The largest absolute Gasteiger partial charge is 0.490 e. The number of alkyl halides is 3. The highest BCUT2D eigenvalue weighted by atomic mass is 35.6. The number of hydrazine groups is 1. The zero-order valence-electron chi connectivity index (χ0n) is 28.2. The van der Waals surface area contributed by atoms with Gasteiger partial charge in [-0.2, -0.15) is 0 Å². The number of hydrogen-bond donors (Lipinski definition) is 3. The van der Waals surface area contributed by atoms with Gasteiger partial charge in [-0.3, -0.25) is 19.4 Å². The molecule has 3 amide bonds. The predicted octanol–water partition coefficient (Wildman–Crippen LogP) is 5.49. The lowest BCUT2D eigenvalue weighted by molar-refractivity contribution is -0.153. The minimum absolute atomic E-state index is 0.0959. The van der Waals surface area contributed by atoms with Crippen LogP contribution in [0, 0.1) is 11.3 Å². The molecular weight excluding hydrogens is 659 g/mol. The van der Waals surface area contributed by atoms with Crippen molar-refractivity contribution in [2.45, 2.75) is 115 Å². The molecule has 1 aromatic rings. The van der Waals surface area contributed by atoms with Crippen LogP contribution in [0.1, 0.15) is 80.7 Å². The molecule has 1 heterocycles. The summed E-state index contributed by atoms with van der Waals surface area (Å²) in [5.41, 5.74) is 2.76. The molecule has 2 unspecified atom stereocenters. The third-order valence-electron chi connectivity index (χ3n) is 7.22. The van der Waals surface area contributed by atoms with Crippen molar-refractivity contribution in [2.24, 2.45) is 11.3 Å². The molecule has 1 aliphatic heterocycles. The van der Waals surface area contributed by atoms with E-state index < -0.39 is 58.0 Å². The Bertz CT molecular complexity index is 1210. The van der Waals surface area contributed by atoms with Crippen LogP contribution in [0.3, 0.4) is 0 Å². The zero-order chi connectivity index (χ0) is 35.0. The van der Waals surface area contributed by atoms with Gasteiger partial charge in [-0.05, 0) is 69.6 Å². The maximum Gasteiger partial charge on any atom is 0.408 e. The molecule has 1 aliphatic rings. The zero-order valence-corrected chi connectivity index (χ0v) is 30.4. The first-order chi connectivity index (χ1) is 21.1. The summed E-state index contributed by atoms with van der Waals surface area (Å²) >= 11 is 17.2. The Hall–Kier alpha value is -2.47. The first-order valence-electron chi connectivity index (χ1n) is 15.4. The lowest BCUT2D eigenvalue weighted by atomic mass is 9.90. The maximum atomic E-state index is 14.0. The molecule has 4 atom stereocenters. The van der Waals surface area contributed by atoms with Gasteiger partial charge in [0.05, 0.1) is 0 Å². The molecule has 46 heavy (non-hydrogen) atoms. The number of nitrogens with one attached hydrogen (secondary N) is 3. The summed E-state index contributed by atoms with van der Waals surface area (Å²) in [5, 5.41) is 6.76. The van der Waals surface area contributed by atoms with Gasteiger partial charge in [-0.1, -0.05) is 81.6 Å². The molecule has 14 heteroatoms. The van der Waals surface area contributed by atoms with Crippen molar-refractivity contribution < 1.29 is 33.4 Å². The molecule has 3 N–H and O–H groups in total. The maximum absolute atomic E-state index is 14.0. The van der Waals surface area contributed by atoms with Crippen LogP contribution in [0.5, 0.6) is 5.75 Å². The summed E-state index contributed by atoms with van der Waals surface area (Å²) in [6, 6.07) is 4.38. The van der Waals surface area contributed by atoms with Gasteiger partial charge in [0.1, 0.15) is 42.2 Å². The average Bonchev–Trinajstić information content (AvgIpc) is 2.92. The van der Waals surface area contributed by atoms with E-state index in [9.17, 15) is 19.2 Å². The smallest absolute Gasteiger partial charge is 0.408 e. The molecule has 2 rings (SSSR count). The van der Waals surface area contributed by atoms with Crippen LogP contribution in [0.15, 0.2) is 24.3 Å². The fourth-order valence-corrected chi connectivity index (χ4v) is 4.51. The number of nitrogens with zero attached hydrogens (tertiary/aromatic N) is 1. The molecule has 0 aliphatic carbocycles. The number of halogens is 3. The lowest BCUT2D eigenvalue weighted by Gasteiger charge is -2.35. The number of alkyl carbamates (subject to hydrolysis) is 1. The molecular formula is C32H49Cl3N4O7. The second-order valence-corrected chi connectivity index (χ2v) is 16.5. The Kier molecular flexibility index (Phi) is 14.3. The van der Waals surface area contributed by atoms with Gasteiger partial charge in [0.2, 0.25) is 9.70 Å². The van der Waals surface area contributed by atoms with Crippen LogP contribution < -0.4 is 20.8 Å². The quantitative estimate of drug-likeness (QED) is 0.203. The Morgan fingerprint density at radius 1 is 1.02 bits per heavy atom. The number of rotatable bonds is 11. The first-order valence-corrected chi connectivity index (χ1v) is 16.6. The van der Waals surface area contributed by atoms with E-state index in [0.29, 0.717) is 18.6 Å². The van der Waals surface area contributed by atoms with Crippen molar-refractivity contribution in [1.29, 1.82) is 0 Å². The van der Waals surface area contributed by atoms with Gasteiger partial charge in [-0.25, -0.2) is 10.2 Å². The van der Waals surface area contributed by atoms with Crippen LogP contribution in [-0.4, -0.2) is 75.7 Å². The number of benzene rings is 1. The Morgan fingerprint density at radius 2 is 1.67 bits per heavy atom. The lowest BCUT2D eigenvalue weighted by Crippen LogP contribution is -2.62. The average molecular weight is 708 g/mol. The molecule has 0 aromatic heterocycles. The van der Waals surface area contributed by atoms with Crippen molar-refractivity contribution >= 4 is 58.7 Å². The molecule has 0 saturated carbocycles. The predicted molar refractivity (Wildman–Crippen MR) is 179 cm³/mol. The molecule has 1 fully saturated rings. The van der Waals surface area contributed by atoms with E-state index >= 15 is 0 Å². The van der Waals surface area contributed by atoms with E-state index in [4.69, 9.17) is 49.0 Å². The standard InChI is InChI=1S/C32H49Cl3N4O7/c1-19(2)25(37-29(43)46-31(7,8)9)26(40)36-24(17-21-12-10-13-22(16-21)45-20(3)30(4,5)6)27(41)39-15-11-14-23(38-39)28(42)44-18-32(33,34)35/h10,12-13,16,19-20,23-25,38H,11,14-15,17-18H2,1-9H3,(H,36,40)(H,37,43)/t20?,23-,24-,25?/m0/s1. The normalized spacial score (nSPS) is 17.8. The first kappa shape index (κ1) is 39.7. The highest BCUT2D eigenvalue weighted by molar-refractivity contribution is 6.67. The Labute approximate surface area is 287 Å². The summed E-state index contributed by atoms with van der Waals surface area (Å²) in [4.78, 5) is 52.9. The van der Waals surface area contributed by atoms with E-state index in [1.807, 2.05) is 31.2 Å². The van der Waals surface area contributed by atoms with Crippen LogP contribution in [0.2, 0.25) is 0 Å². The van der Waals surface area contributed by atoms with Gasteiger partial charge in [0.15, 0.2) is 0 Å². The summed E-state index contributed by atoms with van der Waals surface area (Å²) in [6.45, 7) is 16.7. The minimum Gasteiger partial charge on any atom is -0.490 e. The number of carbonyl (C=O) groups is 4. The van der Waals surface area contributed by atoms with E-state index in [1.165, 1.54) is 5.01 Å². The molecule has 1 aromatic carbocycles. The van der Waals surface area contributed by atoms with E-state index in [2.05, 4.69) is 36.8 Å². The topological polar surface area (TPSA) is 135 Å².